The minimum Gasteiger partial charge on any atom is -0.477 e. The summed E-state index contributed by atoms with van der Waals surface area (Å²) < 4.78 is 3.40. The van der Waals surface area contributed by atoms with Gasteiger partial charge in [-0.05, 0) is 18.6 Å². The van der Waals surface area contributed by atoms with E-state index in [4.69, 9.17) is 5.11 Å². The third kappa shape index (κ3) is 1.19. The van der Waals surface area contributed by atoms with Gasteiger partial charge in [-0.15, -0.1) is 0 Å². The number of imidazole rings is 2. The molecular weight excluding hydrogens is 218 g/mol. The highest BCUT2D eigenvalue weighted by Crippen LogP contribution is 2.21. The SMILES string of the molecule is Cc1cccc2c1nc1n(C)c(C(=O)O)cn21. The lowest BCUT2D eigenvalue weighted by atomic mass is 10.2. The second kappa shape index (κ2) is 3.10. The lowest BCUT2D eigenvalue weighted by Gasteiger charge is -1.95. The van der Waals surface area contributed by atoms with Crippen molar-refractivity contribution in [2.75, 3.05) is 0 Å². The van der Waals surface area contributed by atoms with Crippen molar-refractivity contribution in [2.45, 2.75) is 6.92 Å². The topological polar surface area (TPSA) is 59.5 Å². The maximum Gasteiger partial charge on any atom is 0.354 e. The summed E-state index contributed by atoms with van der Waals surface area (Å²) >= 11 is 0. The summed E-state index contributed by atoms with van der Waals surface area (Å²) in [6.07, 6.45) is 1.60. The number of aromatic nitrogens is 3. The number of aromatic carboxylic acids is 1. The van der Waals surface area contributed by atoms with Crippen molar-refractivity contribution in [3.63, 3.8) is 0 Å². The highest BCUT2D eigenvalue weighted by molar-refractivity contribution is 5.89. The molecule has 0 aliphatic rings. The van der Waals surface area contributed by atoms with Crippen LogP contribution < -0.4 is 0 Å². The second-order valence-electron chi connectivity index (χ2n) is 4.10. The molecule has 3 rings (SSSR count). The molecule has 1 N–H and O–H groups in total. The molecule has 0 bridgehead atoms. The quantitative estimate of drug-likeness (QED) is 0.692. The highest BCUT2D eigenvalue weighted by atomic mass is 16.4. The number of hydrogen-bond acceptors (Lipinski definition) is 2. The molecule has 3 aromatic rings. The van der Waals surface area contributed by atoms with E-state index < -0.39 is 5.97 Å². The van der Waals surface area contributed by atoms with Gasteiger partial charge in [-0.3, -0.25) is 4.40 Å². The first-order valence-corrected chi connectivity index (χ1v) is 5.26. The highest BCUT2D eigenvalue weighted by Gasteiger charge is 2.16. The van der Waals surface area contributed by atoms with Gasteiger partial charge in [-0.1, -0.05) is 12.1 Å². The van der Waals surface area contributed by atoms with Gasteiger partial charge in [0.15, 0.2) is 0 Å². The van der Waals surface area contributed by atoms with Crippen LogP contribution in [0.3, 0.4) is 0 Å². The van der Waals surface area contributed by atoms with Gasteiger partial charge in [-0.25, -0.2) is 9.78 Å². The lowest BCUT2D eigenvalue weighted by Crippen LogP contribution is -2.04. The van der Waals surface area contributed by atoms with Crippen LogP contribution in [0.1, 0.15) is 16.1 Å². The van der Waals surface area contributed by atoms with Crippen molar-refractivity contribution < 1.29 is 9.90 Å². The molecule has 0 fully saturated rings. The van der Waals surface area contributed by atoms with E-state index in [1.165, 1.54) is 0 Å². The fourth-order valence-electron chi connectivity index (χ4n) is 2.12. The van der Waals surface area contributed by atoms with Crippen LogP contribution in [0, 0.1) is 6.92 Å². The van der Waals surface area contributed by atoms with E-state index in [1.807, 2.05) is 29.5 Å². The van der Waals surface area contributed by atoms with Gasteiger partial charge in [-0.2, -0.15) is 0 Å². The lowest BCUT2D eigenvalue weighted by molar-refractivity contribution is 0.0687. The summed E-state index contributed by atoms with van der Waals surface area (Å²) in [5.41, 5.74) is 3.16. The van der Waals surface area contributed by atoms with E-state index in [1.54, 1.807) is 17.8 Å². The van der Waals surface area contributed by atoms with Gasteiger partial charge in [0.2, 0.25) is 5.78 Å². The Kier molecular flexibility index (Phi) is 1.80. The summed E-state index contributed by atoms with van der Waals surface area (Å²) in [4.78, 5) is 15.5. The Morgan fingerprint density at radius 3 is 2.88 bits per heavy atom. The predicted molar refractivity (Wildman–Crippen MR) is 63.4 cm³/mol. The number of carboxylic acid groups (broad SMARTS) is 1. The van der Waals surface area contributed by atoms with Crippen molar-refractivity contribution in [1.29, 1.82) is 0 Å². The number of para-hydroxylation sites is 1. The van der Waals surface area contributed by atoms with Crippen LogP contribution in [0.2, 0.25) is 0 Å². The second-order valence-corrected chi connectivity index (χ2v) is 4.10. The Morgan fingerprint density at radius 1 is 1.41 bits per heavy atom. The molecule has 0 radical (unpaired) electrons. The third-order valence-electron chi connectivity index (χ3n) is 3.04. The van der Waals surface area contributed by atoms with E-state index >= 15 is 0 Å². The number of carbonyl (C=O) groups is 1. The van der Waals surface area contributed by atoms with Crippen molar-refractivity contribution in [3.8, 4) is 0 Å². The molecule has 0 spiro atoms. The van der Waals surface area contributed by atoms with Crippen LogP contribution in [0.25, 0.3) is 16.8 Å². The summed E-state index contributed by atoms with van der Waals surface area (Å²) in [5, 5.41) is 9.05. The van der Waals surface area contributed by atoms with Gasteiger partial charge < -0.3 is 9.67 Å². The van der Waals surface area contributed by atoms with Gasteiger partial charge >= 0.3 is 5.97 Å². The van der Waals surface area contributed by atoms with E-state index in [9.17, 15) is 4.79 Å². The number of hydrogen-bond donors (Lipinski definition) is 1. The van der Waals surface area contributed by atoms with Gasteiger partial charge in [0.05, 0.1) is 11.0 Å². The van der Waals surface area contributed by atoms with Crippen molar-refractivity contribution in [1.82, 2.24) is 14.0 Å². The number of carboxylic acids is 1. The fraction of sp³-hybridized carbons (Fsp3) is 0.167. The number of benzene rings is 1. The van der Waals surface area contributed by atoms with Crippen molar-refractivity contribution >= 4 is 22.8 Å². The van der Waals surface area contributed by atoms with Crippen molar-refractivity contribution in [2.24, 2.45) is 7.05 Å². The van der Waals surface area contributed by atoms with Crippen LogP contribution in [0.5, 0.6) is 0 Å². The summed E-state index contributed by atoms with van der Waals surface area (Å²) in [5.74, 6) is -0.300. The number of fused-ring (bicyclic) bond motifs is 3. The summed E-state index contributed by atoms with van der Waals surface area (Å²) in [7, 11) is 1.71. The summed E-state index contributed by atoms with van der Waals surface area (Å²) in [6.45, 7) is 1.99. The van der Waals surface area contributed by atoms with E-state index in [0.29, 0.717) is 5.78 Å². The molecule has 0 aliphatic heterocycles. The minimum atomic E-state index is -0.946. The maximum absolute atomic E-state index is 11.0. The zero-order valence-electron chi connectivity index (χ0n) is 9.51. The molecule has 0 atom stereocenters. The van der Waals surface area contributed by atoms with Gasteiger partial charge in [0.1, 0.15) is 5.69 Å². The molecule has 2 aromatic heterocycles. The number of nitrogens with zero attached hydrogens (tertiary/aromatic N) is 3. The van der Waals surface area contributed by atoms with E-state index in [0.717, 1.165) is 16.6 Å². The smallest absolute Gasteiger partial charge is 0.354 e. The Bertz CT molecular complexity index is 752. The van der Waals surface area contributed by atoms with Crippen molar-refractivity contribution in [3.05, 3.63) is 35.7 Å². The predicted octanol–water partition coefficient (Wildman–Crippen LogP) is 1.83. The van der Waals surface area contributed by atoms with Gasteiger partial charge in [0.25, 0.3) is 0 Å². The number of aryl methyl sites for hydroxylation is 2. The molecule has 0 amide bonds. The third-order valence-corrected chi connectivity index (χ3v) is 3.04. The summed E-state index contributed by atoms with van der Waals surface area (Å²) in [6, 6.07) is 5.88. The minimum absolute atomic E-state index is 0.232. The first kappa shape index (κ1) is 9.89. The molecule has 0 saturated heterocycles. The Balaban J connectivity index is 2.49. The Morgan fingerprint density at radius 2 is 2.18 bits per heavy atom. The zero-order valence-corrected chi connectivity index (χ0v) is 9.51. The normalized spacial score (nSPS) is 11.4. The van der Waals surface area contributed by atoms with Crippen LogP contribution in [0.15, 0.2) is 24.4 Å². The van der Waals surface area contributed by atoms with Crippen LogP contribution >= 0.6 is 0 Å². The molecule has 1 aromatic carbocycles. The Hall–Kier alpha value is -2.30. The molecule has 0 aliphatic carbocycles. The zero-order chi connectivity index (χ0) is 12.2. The van der Waals surface area contributed by atoms with Crippen LogP contribution in [-0.2, 0) is 7.05 Å². The molecule has 86 valence electrons. The average Bonchev–Trinajstić information content (AvgIpc) is 2.78. The van der Waals surface area contributed by atoms with Gasteiger partial charge in [0, 0.05) is 13.2 Å². The molecule has 2 heterocycles. The molecule has 5 nitrogen and oxygen atoms in total. The first-order chi connectivity index (χ1) is 8.09. The monoisotopic (exact) mass is 229 g/mol. The average molecular weight is 229 g/mol. The van der Waals surface area contributed by atoms with Crippen LogP contribution in [-0.4, -0.2) is 25.0 Å². The largest absolute Gasteiger partial charge is 0.477 e. The molecule has 0 saturated carbocycles. The molecular formula is C12H11N3O2. The first-order valence-electron chi connectivity index (χ1n) is 5.26. The fourth-order valence-corrected chi connectivity index (χ4v) is 2.12. The maximum atomic E-state index is 11.0. The number of rotatable bonds is 1. The molecule has 17 heavy (non-hydrogen) atoms. The van der Waals surface area contributed by atoms with E-state index in [-0.39, 0.29) is 5.69 Å². The standard InChI is InChI=1S/C12H11N3O2/c1-7-4-3-5-8-10(7)13-12-14(2)9(11(16)17)6-15(8)12/h3-6H,1-2H3,(H,16,17). The molecule has 5 heteroatoms. The Labute approximate surface area is 96.9 Å². The molecule has 0 unspecified atom stereocenters. The van der Waals surface area contributed by atoms with E-state index in [2.05, 4.69) is 4.98 Å². The van der Waals surface area contributed by atoms with Crippen LogP contribution in [0.4, 0.5) is 0 Å².